The molecule has 2 aromatic rings. The maximum Gasteiger partial charge on any atom is 0.264 e. The standard InChI is InChI=1S/C19H17F2NO2/c20-14-6-5-13(16(21)10-14)11-22(15-7-8-15)19(23)18-9-12-3-1-2-4-17(12)24-18/h1-6,10,15,18H,7-9,11H2. The fraction of sp³-hybridized carbons (Fsp3) is 0.316. The third-order valence-corrected chi connectivity index (χ3v) is 4.55. The van der Waals surface area contributed by atoms with Crippen molar-refractivity contribution in [2.75, 3.05) is 0 Å². The summed E-state index contributed by atoms with van der Waals surface area (Å²) >= 11 is 0. The molecule has 0 radical (unpaired) electrons. The number of rotatable bonds is 4. The van der Waals surface area contributed by atoms with Gasteiger partial charge in [-0.25, -0.2) is 8.78 Å². The van der Waals surface area contributed by atoms with E-state index in [0.29, 0.717) is 12.0 Å². The maximum atomic E-state index is 13.9. The Bertz CT molecular complexity index is 764. The number of fused-ring (bicyclic) bond motifs is 1. The number of halogens is 2. The quantitative estimate of drug-likeness (QED) is 0.860. The van der Waals surface area contributed by atoms with Crippen molar-refractivity contribution in [2.45, 2.75) is 38.0 Å². The van der Waals surface area contributed by atoms with E-state index in [1.807, 2.05) is 24.3 Å². The van der Waals surface area contributed by atoms with Gasteiger partial charge in [0.15, 0.2) is 6.10 Å². The van der Waals surface area contributed by atoms with E-state index in [0.717, 1.165) is 30.2 Å². The molecule has 2 aliphatic rings. The molecule has 1 unspecified atom stereocenters. The summed E-state index contributed by atoms with van der Waals surface area (Å²) in [6, 6.07) is 11.2. The number of amides is 1. The van der Waals surface area contributed by atoms with Crippen LogP contribution in [0, 0.1) is 11.6 Å². The predicted octanol–water partition coefficient (Wildman–Crippen LogP) is 3.46. The Morgan fingerprint density at radius 3 is 2.67 bits per heavy atom. The predicted molar refractivity (Wildman–Crippen MR) is 84.5 cm³/mol. The highest BCUT2D eigenvalue weighted by Gasteiger charge is 2.39. The summed E-state index contributed by atoms with van der Waals surface area (Å²) in [6.07, 6.45) is 1.79. The third-order valence-electron chi connectivity index (χ3n) is 4.55. The second-order valence-electron chi connectivity index (χ2n) is 6.35. The van der Waals surface area contributed by atoms with Crippen molar-refractivity contribution in [3.05, 3.63) is 65.2 Å². The number of benzene rings is 2. The first-order valence-electron chi connectivity index (χ1n) is 8.11. The largest absolute Gasteiger partial charge is 0.480 e. The van der Waals surface area contributed by atoms with Gasteiger partial charge in [-0.3, -0.25) is 4.79 Å². The average molecular weight is 329 g/mol. The number of ether oxygens (including phenoxy) is 1. The van der Waals surface area contributed by atoms with Crippen LogP contribution in [0.5, 0.6) is 5.75 Å². The van der Waals surface area contributed by atoms with Crippen molar-refractivity contribution in [2.24, 2.45) is 0 Å². The van der Waals surface area contributed by atoms with E-state index in [1.165, 1.54) is 12.1 Å². The van der Waals surface area contributed by atoms with Gasteiger partial charge >= 0.3 is 0 Å². The number of hydrogen-bond acceptors (Lipinski definition) is 2. The summed E-state index contributed by atoms with van der Waals surface area (Å²) in [5, 5.41) is 0. The fourth-order valence-electron chi connectivity index (χ4n) is 3.11. The zero-order chi connectivity index (χ0) is 16.7. The monoisotopic (exact) mass is 329 g/mol. The minimum absolute atomic E-state index is 0.120. The van der Waals surface area contributed by atoms with Gasteiger partial charge in [0, 0.05) is 30.6 Å². The van der Waals surface area contributed by atoms with Crippen LogP contribution in [0.1, 0.15) is 24.0 Å². The Morgan fingerprint density at radius 1 is 1.17 bits per heavy atom. The van der Waals surface area contributed by atoms with E-state index >= 15 is 0 Å². The molecule has 1 heterocycles. The normalized spacial score (nSPS) is 18.8. The second-order valence-corrected chi connectivity index (χ2v) is 6.35. The van der Waals surface area contributed by atoms with Crippen molar-refractivity contribution in [1.29, 1.82) is 0 Å². The zero-order valence-corrected chi connectivity index (χ0v) is 13.0. The molecule has 1 aliphatic heterocycles. The van der Waals surface area contributed by atoms with Crippen LogP contribution in [0.4, 0.5) is 8.78 Å². The van der Waals surface area contributed by atoms with Crippen LogP contribution >= 0.6 is 0 Å². The minimum atomic E-state index is -0.621. The molecule has 1 amide bonds. The second kappa shape index (κ2) is 5.89. The van der Waals surface area contributed by atoms with Crippen LogP contribution in [0.25, 0.3) is 0 Å². The summed E-state index contributed by atoms with van der Waals surface area (Å²) in [6.45, 7) is 0.145. The zero-order valence-electron chi connectivity index (χ0n) is 13.0. The Kier molecular flexibility index (Phi) is 3.71. The van der Waals surface area contributed by atoms with Gasteiger partial charge in [0.25, 0.3) is 5.91 Å². The first-order valence-corrected chi connectivity index (χ1v) is 8.11. The molecule has 2 aromatic carbocycles. The third kappa shape index (κ3) is 2.86. The molecule has 0 saturated heterocycles. The molecule has 0 aromatic heterocycles. The topological polar surface area (TPSA) is 29.5 Å². The molecule has 5 heteroatoms. The average Bonchev–Trinajstić information content (AvgIpc) is 3.31. The fourth-order valence-corrected chi connectivity index (χ4v) is 3.11. The Morgan fingerprint density at radius 2 is 1.96 bits per heavy atom. The van der Waals surface area contributed by atoms with Crippen molar-refractivity contribution >= 4 is 5.91 Å². The molecule has 24 heavy (non-hydrogen) atoms. The van der Waals surface area contributed by atoms with E-state index < -0.39 is 17.7 Å². The number of carbonyl (C=O) groups is 1. The molecule has 1 saturated carbocycles. The molecule has 0 N–H and O–H groups in total. The smallest absolute Gasteiger partial charge is 0.264 e. The molecule has 0 spiro atoms. The lowest BCUT2D eigenvalue weighted by Gasteiger charge is -2.25. The van der Waals surface area contributed by atoms with Crippen molar-refractivity contribution in [1.82, 2.24) is 4.90 Å². The Hall–Kier alpha value is -2.43. The van der Waals surface area contributed by atoms with Gasteiger partial charge in [-0.05, 0) is 30.5 Å². The SMILES string of the molecule is O=C(C1Cc2ccccc2O1)N(Cc1ccc(F)cc1F)C1CC1. The maximum absolute atomic E-state index is 13.9. The van der Waals surface area contributed by atoms with Crippen LogP contribution in [0.15, 0.2) is 42.5 Å². The lowest BCUT2D eigenvalue weighted by atomic mass is 10.1. The van der Waals surface area contributed by atoms with Crippen LogP contribution in [0.2, 0.25) is 0 Å². The molecular formula is C19H17F2NO2. The molecule has 1 atom stereocenters. The molecule has 4 rings (SSSR count). The first-order chi connectivity index (χ1) is 11.6. The van der Waals surface area contributed by atoms with Gasteiger partial charge < -0.3 is 9.64 Å². The van der Waals surface area contributed by atoms with Gasteiger partial charge in [0.05, 0.1) is 0 Å². The number of carbonyl (C=O) groups excluding carboxylic acids is 1. The van der Waals surface area contributed by atoms with Crippen molar-refractivity contribution in [3.8, 4) is 5.75 Å². The van der Waals surface area contributed by atoms with Crippen LogP contribution < -0.4 is 4.74 Å². The van der Waals surface area contributed by atoms with Crippen LogP contribution in [-0.2, 0) is 17.8 Å². The van der Waals surface area contributed by atoms with Gasteiger partial charge in [-0.2, -0.15) is 0 Å². The molecule has 124 valence electrons. The Labute approximate surface area is 138 Å². The van der Waals surface area contributed by atoms with E-state index in [9.17, 15) is 13.6 Å². The molecule has 1 aliphatic carbocycles. The lowest BCUT2D eigenvalue weighted by molar-refractivity contribution is -0.139. The van der Waals surface area contributed by atoms with Crippen molar-refractivity contribution in [3.63, 3.8) is 0 Å². The summed E-state index contributed by atoms with van der Waals surface area (Å²) in [5.41, 5.74) is 1.34. The number of para-hydroxylation sites is 1. The molecule has 1 fully saturated rings. The summed E-state index contributed by atoms with van der Waals surface area (Å²) < 4.78 is 32.8. The molecule has 3 nitrogen and oxygen atoms in total. The van der Waals surface area contributed by atoms with E-state index in [2.05, 4.69) is 0 Å². The van der Waals surface area contributed by atoms with E-state index in [-0.39, 0.29) is 18.5 Å². The minimum Gasteiger partial charge on any atom is -0.480 e. The summed E-state index contributed by atoms with van der Waals surface area (Å²) in [7, 11) is 0. The van der Waals surface area contributed by atoms with Crippen LogP contribution in [0.3, 0.4) is 0 Å². The van der Waals surface area contributed by atoms with E-state index in [4.69, 9.17) is 4.74 Å². The summed E-state index contributed by atoms with van der Waals surface area (Å²) in [4.78, 5) is 14.6. The van der Waals surface area contributed by atoms with Gasteiger partial charge in [-0.15, -0.1) is 0 Å². The highest BCUT2D eigenvalue weighted by atomic mass is 19.1. The van der Waals surface area contributed by atoms with Crippen molar-refractivity contribution < 1.29 is 18.3 Å². The number of hydrogen-bond donors (Lipinski definition) is 0. The highest BCUT2D eigenvalue weighted by molar-refractivity contribution is 5.83. The Balaban J connectivity index is 1.52. The van der Waals surface area contributed by atoms with E-state index in [1.54, 1.807) is 4.90 Å². The van der Waals surface area contributed by atoms with Gasteiger partial charge in [0.1, 0.15) is 17.4 Å². The highest BCUT2D eigenvalue weighted by Crippen LogP contribution is 2.33. The summed E-state index contributed by atoms with van der Waals surface area (Å²) in [5.74, 6) is -0.629. The van der Waals surface area contributed by atoms with Gasteiger partial charge in [-0.1, -0.05) is 24.3 Å². The first kappa shape index (κ1) is 15.1. The number of nitrogens with zero attached hydrogens (tertiary/aromatic N) is 1. The molecular weight excluding hydrogens is 312 g/mol. The van der Waals surface area contributed by atoms with Gasteiger partial charge in [0.2, 0.25) is 0 Å². The molecule has 0 bridgehead atoms. The lowest BCUT2D eigenvalue weighted by Crippen LogP contribution is -2.42. The van der Waals surface area contributed by atoms with Crippen LogP contribution in [-0.4, -0.2) is 23.0 Å².